The van der Waals surface area contributed by atoms with Crippen molar-refractivity contribution in [3.05, 3.63) is 35.1 Å². The fourth-order valence-electron chi connectivity index (χ4n) is 2.31. The van der Waals surface area contributed by atoms with Crippen LogP contribution in [-0.4, -0.2) is 26.3 Å². The maximum atomic E-state index is 13.1. The first kappa shape index (κ1) is 15.1. The lowest BCUT2D eigenvalue weighted by molar-refractivity contribution is 0.0632. The van der Waals surface area contributed by atoms with Gasteiger partial charge < -0.3 is 10.1 Å². The van der Waals surface area contributed by atoms with Gasteiger partial charge in [-0.1, -0.05) is 19.4 Å². The minimum atomic E-state index is -0.172. The zero-order valence-electron chi connectivity index (χ0n) is 11.8. The molecule has 2 atom stereocenters. The molecular weight excluding hydrogens is 229 g/mol. The molecule has 0 radical (unpaired) electrons. The second kappa shape index (κ2) is 7.49. The summed E-state index contributed by atoms with van der Waals surface area (Å²) >= 11 is 0. The van der Waals surface area contributed by atoms with Crippen molar-refractivity contribution in [3.8, 4) is 0 Å². The number of nitrogens with one attached hydrogen (secondary N) is 1. The number of benzene rings is 1. The van der Waals surface area contributed by atoms with Crippen LogP contribution in [0, 0.1) is 12.7 Å². The van der Waals surface area contributed by atoms with E-state index in [2.05, 4.69) is 12.2 Å². The van der Waals surface area contributed by atoms with E-state index in [4.69, 9.17) is 4.74 Å². The summed E-state index contributed by atoms with van der Waals surface area (Å²) in [4.78, 5) is 0. The first-order valence-electron chi connectivity index (χ1n) is 6.57. The van der Waals surface area contributed by atoms with Gasteiger partial charge in [0.25, 0.3) is 0 Å². The molecule has 0 aliphatic heterocycles. The minimum absolute atomic E-state index is 0.172. The fraction of sp³-hybridized carbons (Fsp3) is 0.600. The van der Waals surface area contributed by atoms with Crippen LogP contribution >= 0.6 is 0 Å². The van der Waals surface area contributed by atoms with E-state index >= 15 is 0 Å². The third-order valence-corrected chi connectivity index (χ3v) is 3.44. The summed E-state index contributed by atoms with van der Waals surface area (Å²) in [5, 5.41) is 3.31. The first-order valence-corrected chi connectivity index (χ1v) is 6.57. The van der Waals surface area contributed by atoms with Crippen molar-refractivity contribution in [2.24, 2.45) is 0 Å². The van der Waals surface area contributed by atoms with Crippen molar-refractivity contribution >= 4 is 0 Å². The van der Waals surface area contributed by atoms with Gasteiger partial charge in [0.15, 0.2) is 0 Å². The van der Waals surface area contributed by atoms with Gasteiger partial charge in [0.05, 0.1) is 6.10 Å². The van der Waals surface area contributed by atoms with Crippen LogP contribution < -0.4 is 5.32 Å². The number of hydrogen-bond acceptors (Lipinski definition) is 2. The molecule has 102 valence electrons. The minimum Gasteiger partial charge on any atom is -0.380 e. The molecule has 0 aliphatic carbocycles. The predicted molar refractivity (Wildman–Crippen MR) is 73.4 cm³/mol. The third kappa shape index (κ3) is 4.07. The molecule has 1 rings (SSSR count). The summed E-state index contributed by atoms with van der Waals surface area (Å²) in [5.74, 6) is -0.172. The van der Waals surface area contributed by atoms with Crippen LogP contribution in [0.2, 0.25) is 0 Å². The molecule has 1 aromatic rings. The van der Waals surface area contributed by atoms with Gasteiger partial charge in [-0.15, -0.1) is 0 Å². The Morgan fingerprint density at radius 1 is 1.39 bits per heavy atom. The molecule has 1 aromatic carbocycles. The molecule has 0 aliphatic rings. The van der Waals surface area contributed by atoms with E-state index in [-0.39, 0.29) is 18.0 Å². The second-order valence-electron chi connectivity index (χ2n) is 4.73. The largest absolute Gasteiger partial charge is 0.380 e. The summed E-state index contributed by atoms with van der Waals surface area (Å²) in [5.41, 5.74) is 2.18. The summed E-state index contributed by atoms with van der Waals surface area (Å²) in [6.45, 7) is 4.11. The highest BCUT2D eigenvalue weighted by Gasteiger charge is 2.19. The molecule has 0 bridgehead atoms. The van der Waals surface area contributed by atoms with E-state index in [1.165, 1.54) is 11.6 Å². The van der Waals surface area contributed by atoms with E-state index in [1.54, 1.807) is 13.2 Å². The topological polar surface area (TPSA) is 21.3 Å². The standard InChI is InChI=1S/C15H24FNO/c1-5-6-15(18-4)14(17-3)10-12-7-8-13(16)9-11(12)2/h7-9,14-15,17H,5-6,10H2,1-4H3. The predicted octanol–water partition coefficient (Wildman–Crippen LogP) is 3.08. The summed E-state index contributed by atoms with van der Waals surface area (Å²) in [6, 6.07) is 5.24. The Kier molecular flexibility index (Phi) is 6.30. The molecule has 18 heavy (non-hydrogen) atoms. The molecule has 0 spiro atoms. The van der Waals surface area contributed by atoms with Crippen molar-refractivity contribution in [2.45, 2.75) is 45.3 Å². The average molecular weight is 253 g/mol. The van der Waals surface area contributed by atoms with E-state index < -0.39 is 0 Å². The number of halogens is 1. The molecule has 0 saturated heterocycles. The van der Waals surface area contributed by atoms with Crippen molar-refractivity contribution < 1.29 is 9.13 Å². The van der Waals surface area contributed by atoms with Gasteiger partial charge in [-0.25, -0.2) is 4.39 Å². The van der Waals surface area contributed by atoms with Crippen molar-refractivity contribution in [1.82, 2.24) is 5.32 Å². The zero-order chi connectivity index (χ0) is 13.5. The highest BCUT2D eigenvalue weighted by molar-refractivity contribution is 5.27. The van der Waals surface area contributed by atoms with Crippen molar-refractivity contribution in [2.75, 3.05) is 14.2 Å². The normalized spacial score (nSPS) is 14.5. The molecular formula is C15H24FNO. The SMILES string of the molecule is CCCC(OC)C(Cc1ccc(F)cc1C)NC. The highest BCUT2D eigenvalue weighted by atomic mass is 19.1. The first-order chi connectivity index (χ1) is 8.62. The van der Waals surface area contributed by atoms with Gasteiger partial charge in [0.1, 0.15) is 5.82 Å². The highest BCUT2D eigenvalue weighted by Crippen LogP contribution is 2.16. The molecule has 0 heterocycles. The third-order valence-electron chi connectivity index (χ3n) is 3.44. The summed E-state index contributed by atoms with van der Waals surface area (Å²) in [7, 11) is 3.70. The van der Waals surface area contributed by atoms with E-state index in [0.29, 0.717) is 0 Å². The number of ether oxygens (including phenoxy) is 1. The Bertz CT molecular complexity index is 368. The molecule has 2 nitrogen and oxygen atoms in total. The van der Waals surface area contributed by atoms with Gasteiger partial charge in [0.2, 0.25) is 0 Å². The van der Waals surface area contributed by atoms with E-state index in [9.17, 15) is 4.39 Å². The lowest BCUT2D eigenvalue weighted by Gasteiger charge is -2.26. The smallest absolute Gasteiger partial charge is 0.123 e. The maximum absolute atomic E-state index is 13.1. The Morgan fingerprint density at radius 3 is 2.61 bits per heavy atom. The Hall–Kier alpha value is -0.930. The number of hydrogen-bond donors (Lipinski definition) is 1. The van der Waals surface area contributed by atoms with Gasteiger partial charge in [0, 0.05) is 13.2 Å². The molecule has 1 N–H and O–H groups in total. The van der Waals surface area contributed by atoms with Crippen molar-refractivity contribution in [1.29, 1.82) is 0 Å². The maximum Gasteiger partial charge on any atom is 0.123 e. The van der Waals surface area contributed by atoms with Crippen LogP contribution in [0.4, 0.5) is 4.39 Å². The summed E-state index contributed by atoms with van der Waals surface area (Å²) < 4.78 is 18.6. The monoisotopic (exact) mass is 253 g/mol. The lowest BCUT2D eigenvalue weighted by Crippen LogP contribution is -2.40. The molecule has 0 aromatic heterocycles. The van der Waals surface area contributed by atoms with Gasteiger partial charge >= 0.3 is 0 Å². The number of likely N-dealkylation sites (N-methyl/N-ethyl adjacent to an activating group) is 1. The van der Waals surface area contributed by atoms with E-state index in [1.807, 2.05) is 20.0 Å². The summed E-state index contributed by atoms with van der Waals surface area (Å²) in [6.07, 6.45) is 3.19. The van der Waals surface area contributed by atoms with Crippen LogP contribution in [0.15, 0.2) is 18.2 Å². The molecule has 3 heteroatoms. The fourth-order valence-corrected chi connectivity index (χ4v) is 2.31. The average Bonchev–Trinajstić information content (AvgIpc) is 2.36. The number of rotatable bonds is 7. The van der Waals surface area contributed by atoms with Crippen molar-refractivity contribution in [3.63, 3.8) is 0 Å². The Labute approximate surface area is 110 Å². The van der Waals surface area contributed by atoms with Gasteiger partial charge in [-0.05, 0) is 50.1 Å². The molecule has 0 amide bonds. The van der Waals surface area contributed by atoms with Crippen LogP contribution in [0.3, 0.4) is 0 Å². The quantitative estimate of drug-likeness (QED) is 0.806. The number of methoxy groups -OCH3 is 1. The molecule has 0 saturated carbocycles. The Morgan fingerprint density at radius 2 is 2.11 bits per heavy atom. The lowest BCUT2D eigenvalue weighted by atomic mass is 9.95. The van der Waals surface area contributed by atoms with Gasteiger partial charge in [-0.3, -0.25) is 0 Å². The van der Waals surface area contributed by atoms with Crippen LogP contribution in [0.5, 0.6) is 0 Å². The second-order valence-corrected chi connectivity index (χ2v) is 4.73. The Balaban J connectivity index is 2.78. The number of aryl methyl sites for hydroxylation is 1. The van der Waals surface area contributed by atoms with Crippen LogP contribution in [0.1, 0.15) is 30.9 Å². The van der Waals surface area contributed by atoms with Gasteiger partial charge in [-0.2, -0.15) is 0 Å². The zero-order valence-corrected chi connectivity index (χ0v) is 11.8. The molecule has 0 fully saturated rings. The molecule has 2 unspecified atom stereocenters. The van der Waals surface area contributed by atoms with Crippen LogP contribution in [-0.2, 0) is 11.2 Å². The van der Waals surface area contributed by atoms with E-state index in [0.717, 1.165) is 24.8 Å². The van der Waals surface area contributed by atoms with Crippen LogP contribution in [0.25, 0.3) is 0 Å².